The third-order valence-electron chi connectivity index (χ3n) is 5.15. The van der Waals surface area contributed by atoms with Crippen molar-refractivity contribution >= 4 is 11.9 Å². The van der Waals surface area contributed by atoms with Crippen molar-refractivity contribution in [2.45, 2.75) is 52.5 Å². The molecule has 10 heteroatoms. The second-order valence-electron chi connectivity index (χ2n) is 7.86. The standard InChI is InChI=1S/C20H28N4O.C2HF3O2/c1-5-22(4)20(25)19-21-17-14-23(13-16-9-7-6-8-10-16)12-11-18(17)24(19)15(2)3;3-2(4,5)1(6)7/h6-10,15H,5,11-14H2,1-4H3;(H,6,7). The molecule has 1 aliphatic heterocycles. The Kier molecular flexibility index (Phi) is 8.43. The topological polar surface area (TPSA) is 78.7 Å². The molecule has 1 aliphatic rings. The molecule has 1 N–H and O–H groups in total. The van der Waals surface area contributed by atoms with Crippen LogP contribution in [0.15, 0.2) is 30.3 Å². The minimum Gasteiger partial charge on any atom is -0.475 e. The number of aliphatic carboxylic acids is 1. The molecular formula is C22H29F3N4O3. The number of carbonyl (C=O) groups is 2. The van der Waals surface area contributed by atoms with Crippen molar-refractivity contribution in [3.63, 3.8) is 0 Å². The van der Waals surface area contributed by atoms with Crippen LogP contribution in [0.5, 0.6) is 0 Å². The number of hydrogen-bond donors (Lipinski definition) is 1. The summed E-state index contributed by atoms with van der Waals surface area (Å²) in [4.78, 5) is 30.5. The van der Waals surface area contributed by atoms with Gasteiger partial charge in [0.05, 0.1) is 5.69 Å². The summed E-state index contributed by atoms with van der Waals surface area (Å²) in [6, 6.07) is 10.8. The SMILES string of the molecule is CCN(C)C(=O)c1nc2c(n1C(C)C)CCN(Cc1ccccc1)C2.O=C(O)C(F)(F)F. The molecule has 0 unspecified atom stereocenters. The summed E-state index contributed by atoms with van der Waals surface area (Å²) in [5, 5.41) is 7.12. The molecule has 2 aromatic rings. The van der Waals surface area contributed by atoms with E-state index in [0.717, 1.165) is 31.7 Å². The Morgan fingerprint density at radius 3 is 2.31 bits per heavy atom. The summed E-state index contributed by atoms with van der Waals surface area (Å²) in [5.41, 5.74) is 3.60. The van der Waals surface area contributed by atoms with Gasteiger partial charge in [-0.1, -0.05) is 30.3 Å². The molecule has 0 saturated carbocycles. The van der Waals surface area contributed by atoms with Gasteiger partial charge in [-0.05, 0) is 26.3 Å². The number of rotatable bonds is 5. The van der Waals surface area contributed by atoms with E-state index in [-0.39, 0.29) is 11.9 Å². The molecule has 1 aromatic heterocycles. The number of carbonyl (C=O) groups excluding carboxylic acids is 1. The minimum absolute atomic E-state index is 0.0141. The number of hydrogen-bond acceptors (Lipinski definition) is 4. The summed E-state index contributed by atoms with van der Waals surface area (Å²) in [6.07, 6.45) is -4.14. The van der Waals surface area contributed by atoms with E-state index in [1.165, 1.54) is 11.3 Å². The monoisotopic (exact) mass is 454 g/mol. The number of fused-ring (bicyclic) bond motifs is 1. The highest BCUT2D eigenvalue weighted by atomic mass is 19.4. The van der Waals surface area contributed by atoms with Crippen molar-refractivity contribution in [3.8, 4) is 0 Å². The normalized spacial score (nSPS) is 13.9. The Balaban J connectivity index is 0.000000451. The number of carboxylic acid groups (broad SMARTS) is 1. The van der Waals surface area contributed by atoms with Gasteiger partial charge in [0, 0.05) is 51.4 Å². The van der Waals surface area contributed by atoms with Crippen LogP contribution in [0, 0.1) is 0 Å². The molecule has 0 spiro atoms. The van der Waals surface area contributed by atoms with Gasteiger partial charge in [-0.3, -0.25) is 9.69 Å². The van der Waals surface area contributed by atoms with Gasteiger partial charge in [0.25, 0.3) is 5.91 Å². The van der Waals surface area contributed by atoms with Crippen LogP contribution in [-0.2, 0) is 24.3 Å². The fourth-order valence-corrected chi connectivity index (χ4v) is 3.46. The average molecular weight is 454 g/mol. The highest BCUT2D eigenvalue weighted by molar-refractivity contribution is 5.91. The van der Waals surface area contributed by atoms with Gasteiger partial charge < -0.3 is 14.6 Å². The van der Waals surface area contributed by atoms with Crippen molar-refractivity contribution in [2.75, 3.05) is 20.1 Å². The molecule has 3 rings (SSSR count). The number of aromatic nitrogens is 2. The van der Waals surface area contributed by atoms with Crippen molar-refractivity contribution in [3.05, 3.63) is 53.1 Å². The first-order valence-electron chi connectivity index (χ1n) is 10.4. The second-order valence-corrected chi connectivity index (χ2v) is 7.86. The predicted molar refractivity (Wildman–Crippen MR) is 113 cm³/mol. The van der Waals surface area contributed by atoms with Crippen molar-refractivity contribution in [1.82, 2.24) is 19.4 Å². The van der Waals surface area contributed by atoms with Crippen LogP contribution in [0.1, 0.15) is 54.4 Å². The maximum Gasteiger partial charge on any atom is 0.490 e. The Morgan fingerprint density at radius 1 is 1.22 bits per heavy atom. The van der Waals surface area contributed by atoms with Gasteiger partial charge in [0.2, 0.25) is 0 Å². The van der Waals surface area contributed by atoms with E-state index in [0.29, 0.717) is 12.4 Å². The summed E-state index contributed by atoms with van der Waals surface area (Å²) in [5.74, 6) is -2.15. The smallest absolute Gasteiger partial charge is 0.475 e. The van der Waals surface area contributed by atoms with Crippen LogP contribution in [0.4, 0.5) is 13.2 Å². The maximum absolute atomic E-state index is 12.7. The van der Waals surface area contributed by atoms with E-state index in [1.807, 2.05) is 20.0 Å². The first kappa shape index (κ1) is 25.4. The van der Waals surface area contributed by atoms with Crippen LogP contribution in [-0.4, -0.2) is 62.6 Å². The molecule has 7 nitrogen and oxygen atoms in total. The van der Waals surface area contributed by atoms with E-state index in [4.69, 9.17) is 14.9 Å². The lowest BCUT2D eigenvalue weighted by molar-refractivity contribution is -0.192. The molecule has 0 aliphatic carbocycles. The van der Waals surface area contributed by atoms with Crippen molar-refractivity contribution in [1.29, 1.82) is 0 Å². The van der Waals surface area contributed by atoms with E-state index in [1.54, 1.807) is 4.90 Å². The first-order valence-corrected chi connectivity index (χ1v) is 10.4. The molecular weight excluding hydrogens is 425 g/mol. The third-order valence-corrected chi connectivity index (χ3v) is 5.15. The van der Waals surface area contributed by atoms with Crippen LogP contribution in [0.25, 0.3) is 0 Å². The molecule has 2 heterocycles. The molecule has 0 bridgehead atoms. The highest BCUT2D eigenvalue weighted by Gasteiger charge is 2.38. The molecule has 0 saturated heterocycles. The predicted octanol–water partition coefficient (Wildman–Crippen LogP) is 3.75. The van der Waals surface area contributed by atoms with Crippen LogP contribution >= 0.6 is 0 Å². The van der Waals surface area contributed by atoms with Crippen LogP contribution < -0.4 is 0 Å². The van der Waals surface area contributed by atoms with E-state index in [2.05, 4.69) is 47.6 Å². The zero-order valence-electron chi connectivity index (χ0n) is 18.7. The van der Waals surface area contributed by atoms with E-state index >= 15 is 0 Å². The Bertz CT molecular complexity index is 926. The van der Waals surface area contributed by atoms with Gasteiger partial charge in [0.15, 0.2) is 5.82 Å². The minimum atomic E-state index is -5.08. The molecule has 0 radical (unpaired) electrons. The zero-order chi connectivity index (χ0) is 24.1. The van der Waals surface area contributed by atoms with Gasteiger partial charge in [-0.25, -0.2) is 9.78 Å². The Hall–Kier alpha value is -2.88. The molecule has 0 fully saturated rings. The largest absolute Gasteiger partial charge is 0.490 e. The summed E-state index contributed by atoms with van der Waals surface area (Å²) < 4.78 is 33.9. The molecule has 176 valence electrons. The van der Waals surface area contributed by atoms with Crippen LogP contribution in [0.3, 0.4) is 0 Å². The molecule has 0 atom stereocenters. The number of benzene rings is 1. The fourth-order valence-electron chi connectivity index (χ4n) is 3.46. The molecule has 1 aromatic carbocycles. The number of imidazole rings is 1. The molecule has 32 heavy (non-hydrogen) atoms. The average Bonchev–Trinajstić information content (AvgIpc) is 3.12. The van der Waals surface area contributed by atoms with Gasteiger partial charge >= 0.3 is 12.1 Å². The zero-order valence-corrected chi connectivity index (χ0v) is 18.7. The summed E-state index contributed by atoms with van der Waals surface area (Å²) in [7, 11) is 1.84. The summed E-state index contributed by atoms with van der Waals surface area (Å²) in [6.45, 7) is 9.66. The van der Waals surface area contributed by atoms with Crippen LogP contribution in [0.2, 0.25) is 0 Å². The number of halogens is 3. The Morgan fingerprint density at radius 2 is 1.81 bits per heavy atom. The van der Waals surface area contributed by atoms with E-state index < -0.39 is 12.1 Å². The van der Waals surface area contributed by atoms with Crippen molar-refractivity contribution < 1.29 is 27.9 Å². The number of alkyl halides is 3. The lowest BCUT2D eigenvalue weighted by Crippen LogP contribution is -2.31. The van der Waals surface area contributed by atoms with Gasteiger partial charge in [0.1, 0.15) is 0 Å². The highest BCUT2D eigenvalue weighted by Crippen LogP contribution is 2.25. The lowest BCUT2D eigenvalue weighted by atomic mass is 10.1. The fraction of sp³-hybridized carbons (Fsp3) is 0.500. The van der Waals surface area contributed by atoms with E-state index in [9.17, 15) is 18.0 Å². The van der Waals surface area contributed by atoms with Gasteiger partial charge in [-0.2, -0.15) is 13.2 Å². The second kappa shape index (κ2) is 10.6. The third kappa shape index (κ3) is 6.32. The van der Waals surface area contributed by atoms with Gasteiger partial charge in [-0.15, -0.1) is 0 Å². The number of carboxylic acids is 1. The Labute approximate surface area is 185 Å². The lowest BCUT2D eigenvalue weighted by Gasteiger charge is -2.27. The summed E-state index contributed by atoms with van der Waals surface area (Å²) >= 11 is 0. The quantitative estimate of drug-likeness (QED) is 0.745. The number of nitrogens with zero attached hydrogens (tertiary/aromatic N) is 4. The maximum atomic E-state index is 12.7. The number of amides is 1. The van der Waals surface area contributed by atoms with Crippen molar-refractivity contribution in [2.24, 2.45) is 0 Å². The molecule has 1 amide bonds. The first-order chi connectivity index (χ1) is 15.0.